The Hall–Kier alpha value is -0.830. The first-order chi connectivity index (χ1) is 16.2. The first kappa shape index (κ1) is 25.8. The molecule has 8 atom stereocenters. The standard InChI is InChI=1S/C32H52O3/c1-20(10-13-27-29(5,6)35-27)22-14-18-32(9)24-11-12-25-28(3,4)26(34-21(2)33)16-17-30(25,7)23(24)15-19-31(22,32)8/h20,22,25-27H,10-19H2,1-9H3/t20-,22-,25-,26-,27+,30-,31-,32+/m1/s1. The first-order valence-electron chi connectivity index (χ1n) is 14.7. The maximum atomic E-state index is 11.8. The van der Waals surface area contributed by atoms with Crippen LogP contribution in [0.15, 0.2) is 11.1 Å². The molecule has 198 valence electrons. The van der Waals surface area contributed by atoms with Crippen LogP contribution in [-0.4, -0.2) is 23.8 Å². The maximum absolute atomic E-state index is 11.8. The van der Waals surface area contributed by atoms with Crippen molar-refractivity contribution in [3.63, 3.8) is 0 Å². The van der Waals surface area contributed by atoms with Crippen LogP contribution in [0, 0.1) is 39.4 Å². The fourth-order valence-electron chi connectivity index (χ4n) is 10.4. The predicted molar refractivity (Wildman–Crippen MR) is 142 cm³/mol. The molecule has 0 aromatic heterocycles. The Labute approximate surface area is 215 Å². The number of rotatable bonds is 5. The summed E-state index contributed by atoms with van der Waals surface area (Å²) >= 11 is 0. The Morgan fingerprint density at radius 3 is 2.29 bits per heavy atom. The van der Waals surface area contributed by atoms with Gasteiger partial charge in [-0.25, -0.2) is 0 Å². The van der Waals surface area contributed by atoms with E-state index in [-0.39, 0.29) is 28.5 Å². The number of hydrogen-bond acceptors (Lipinski definition) is 3. The average Bonchev–Trinajstić information content (AvgIpc) is 3.26. The van der Waals surface area contributed by atoms with Crippen LogP contribution in [0.1, 0.15) is 127 Å². The van der Waals surface area contributed by atoms with Gasteiger partial charge in [0.05, 0.1) is 11.7 Å². The van der Waals surface area contributed by atoms with E-state index in [9.17, 15) is 4.79 Å². The minimum Gasteiger partial charge on any atom is -0.462 e. The lowest BCUT2D eigenvalue weighted by Crippen LogP contribution is -2.55. The molecule has 2 saturated carbocycles. The zero-order valence-electron chi connectivity index (χ0n) is 24.2. The summed E-state index contributed by atoms with van der Waals surface area (Å²) in [4.78, 5) is 11.8. The molecular weight excluding hydrogens is 432 g/mol. The van der Waals surface area contributed by atoms with Crippen LogP contribution < -0.4 is 0 Å². The van der Waals surface area contributed by atoms with Crippen molar-refractivity contribution in [3.8, 4) is 0 Å². The van der Waals surface area contributed by atoms with Gasteiger partial charge in [0.1, 0.15) is 6.10 Å². The van der Waals surface area contributed by atoms with Crippen LogP contribution in [0.25, 0.3) is 0 Å². The second-order valence-corrected chi connectivity index (χ2v) is 15.1. The summed E-state index contributed by atoms with van der Waals surface area (Å²) in [5.74, 6) is 2.07. The van der Waals surface area contributed by atoms with E-state index in [1.54, 1.807) is 6.92 Å². The van der Waals surface area contributed by atoms with E-state index < -0.39 is 0 Å². The minimum atomic E-state index is -0.119. The zero-order chi connectivity index (χ0) is 25.6. The van der Waals surface area contributed by atoms with Crippen molar-refractivity contribution in [1.82, 2.24) is 0 Å². The molecule has 0 unspecified atom stereocenters. The number of fused-ring (bicyclic) bond motifs is 4. The molecule has 4 aliphatic carbocycles. The van der Waals surface area contributed by atoms with Gasteiger partial charge in [-0.15, -0.1) is 0 Å². The highest BCUT2D eigenvalue weighted by Crippen LogP contribution is 2.72. The highest BCUT2D eigenvalue weighted by Gasteiger charge is 2.63. The Balaban J connectivity index is 1.40. The number of allylic oxidation sites excluding steroid dienone is 2. The summed E-state index contributed by atoms with van der Waals surface area (Å²) in [6.07, 6.45) is 13.1. The van der Waals surface area contributed by atoms with E-state index in [0.29, 0.717) is 22.9 Å². The molecule has 0 N–H and O–H groups in total. The lowest BCUT2D eigenvalue weighted by molar-refractivity contribution is -0.167. The largest absolute Gasteiger partial charge is 0.462 e. The van der Waals surface area contributed by atoms with Gasteiger partial charge >= 0.3 is 5.97 Å². The predicted octanol–water partition coefficient (Wildman–Crippen LogP) is 8.26. The normalized spacial score (nSPS) is 46.3. The third-order valence-corrected chi connectivity index (χ3v) is 12.8. The third-order valence-electron chi connectivity index (χ3n) is 12.8. The Morgan fingerprint density at radius 1 is 0.971 bits per heavy atom. The molecule has 1 heterocycles. The summed E-state index contributed by atoms with van der Waals surface area (Å²) in [6.45, 7) is 21.2. The van der Waals surface area contributed by atoms with Crippen molar-refractivity contribution in [3.05, 3.63) is 11.1 Å². The number of carbonyl (C=O) groups excluding carboxylic acids is 1. The molecule has 0 aromatic carbocycles. The molecule has 0 radical (unpaired) electrons. The summed E-state index contributed by atoms with van der Waals surface area (Å²) in [7, 11) is 0. The average molecular weight is 485 g/mol. The van der Waals surface area contributed by atoms with Crippen molar-refractivity contribution in [2.45, 2.75) is 144 Å². The molecule has 0 amide bonds. The molecule has 35 heavy (non-hydrogen) atoms. The SMILES string of the molecule is CC(=O)O[C@@H]1CC[C@]2(C)C3=C(CC[C@@H]2C1(C)C)[C@]1(C)CC[C@H]([C@H](C)CC[C@@H]2OC2(C)C)[C@@]1(C)CC3. The van der Waals surface area contributed by atoms with Gasteiger partial charge in [-0.1, -0.05) is 52.7 Å². The van der Waals surface area contributed by atoms with Gasteiger partial charge < -0.3 is 9.47 Å². The molecule has 1 saturated heterocycles. The van der Waals surface area contributed by atoms with E-state index in [0.717, 1.165) is 18.3 Å². The first-order valence-corrected chi connectivity index (χ1v) is 14.7. The molecular formula is C32H52O3. The van der Waals surface area contributed by atoms with Crippen molar-refractivity contribution in [1.29, 1.82) is 0 Å². The molecule has 3 heteroatoms. The molecule has 0 spiro atoms. The summed E-state index contributed by atoms with van der Waals surface area (Å²) in [6, 6.07) is 0. The number of carbonyl (C=O) groups is 1. The lowest BCUT2D eigenvalue weighted by Gasteiger charge is -2.62. The van der Waals surface area contributed by atoms with Crippen LogP contribution in [0.2, 0.25) is 0 Å². The third kappa shape index (κ3) is 3.71. The lowest BCUT2D eigenvalue weighted by atomic mass is 9.43. The van der Waals surface area contributed by atoms with Crippen LogP contribution in [-0.2, 0) is 14.3 Å². The fraction of sp³-hybridized carbons (Fsp3) is 0.906. The van der Waals surface area contributed by atoms with Crippen molar-refractivity contribution >= 4 is 5.97 Å². The van der Waals surface area contributed by atoms with Crippen molar-refractivity contribution in [2.75, 3.05) is 0 Å². The van der Waals surface area contributed by atoms with Gasteiger partial charge in [0.2, 0.25) is 0 Å². The molecule has 3 nitrogen and oxygen atoms in total. The maximum Gasteiger partial charge on any atom is 0.302 e. The number of ether oxygens (including phenoxy) is 2. The van der Waals surface area contributed by atoms with Gasteiger partial charge in [0, 0.05) is 12.3 Å². The number of esters is 1. The molecule has 0 aromatic rings. The van der Waals surface area contributed by atoms with E-state index in [1.165, 1.54) is 57.8 Å². The van der Waals surface area contributed by atoms with Crippen LogP contribution >= 0.6 is 0 Å². The van der Waals surface area contributed by atoms with Crippen molar-refractivity contribution in [2.24, 2.45) is 39.4 Å². The number of hydrogen-bond donors (Lipinski definition) is 0. The highest BCUT2D eigenvalue weighted by molar-refractivity contribution is 5.66. The second kappa shape index (κ2) is 8.08. The molecule has 5 rings (SSSR count). The Bertz CT molecular complexity index is 914. The number of epoxide rings is 1. The van der Waals surface area contributed by atoms with Crippen LogP contribution in [0.3, 0.4) is 0 Å². The van der Waals surface area contributed by atoms with E-state index >= 15 is 0 Å². The van der Waals surface area contributed by atoms with Crippen LogP contribution in [0.4, 0.5) is 0 Å². The van der Waals surface area contributed by atoms with Gasteiger partial charge in [0.15, 0.2) is 0 Å². The topological polar surface area (TPSA) is 38.8 Å². The molecule has 1 aliphatic heterocycles. The molecule has 5 aliphatic rings. The second-order valence-electron chi connectivity index (χ2n) is 15.1. The molecule has 0 bridgehead atoms. The summed E-state index contributed by atoms with van der Waals surface area (Å²) < 4.78 is 11.8. The van der Waals surface area contributed by atoms with Crippen molar-refractivity contribution < 1.29 is 14.3 Å². The Kier molecular flexibility index (Phi) is 5.96. The van der Waals surface area contributed by atoms with Gasteiger partial charge in [0.25, 0.3) is 0 Å². The van der Waals surface area contributed by atoms with E-state index in [2.05, 4.69) is 55.4 Å². The van der Waals surface area contributed by atoms with E-state index in [1.807, 2.05) is 11.1 Å². The van der Waals surface area contributed by atoms with Gasteiger partial charge in [-0.05, 0) is 112 Å². The van der Waals surface area contributed by atoms with E-state index in [4.69, 9.17) is 9.47 Å². The molecule has 3 fully saturated rings. The van der Waals surface area contributed by atoms with Gasteiger partial charge in [-0.3, -0.25) is 4.79 Å². The summed E-state index contributed by atoms with van der Waals surface area (Å²) in [5, 5.41) is 0. The smallest absolute Gasteiger partial charge is 0.302 e. The zero-order valence-corrected chi connectivity index (χ0v) is 24.2. The minimum absolute atomic E-state index is 0.0320. The Morgan fingerprint density at radius 2 is 1.66 bits per heavy atom. The quantitative estimate of drug-likeness (QED) is 0.224. The summed E-state index contributed by atoms with van der Waals surface area (Å²) in [5.41, 5.74) is 4.85. The highest BCUT2D eigenvalue weighted by atomic mass is 16.6. The van der Waals surface area contributed by atoms with Gasteiger partial charge in [-0.2, -0.15) is 0 Å². The fourth-order valence-corrected chi connectivity index (χ4v) is 10.4. The van der Waals surface area contributed by atoms with Crippen LogP contribution in [0.5, 0.6) is 0 Å². The monoisotopic (exact) mass is 484 g/mol.